The van der Waals surface area contributed by atoms with Crippen molar-refractivity contribution in [2.45, 2.75) is 117 Å². The van der Waals surface area contributed by atoms with Gasteiger partial charge in [-0.05, 0) is 96.8 Å². The van der Waals surface area contributed by atoms with Crippen molar-refractivity contribution in [3.63, 3.8) is 0 Å². The van der Waals surface area contributed by atoms with E-state index in [1.807, 2.05) is 20.8 Å². The molecule has 0 spiro atoms. The van der Waals surface area contributed by atoms with Crippen molar-refractivity contribution in [2.75, 3.05) is 49.5 Å². The Balaban J connectivity index is 1.15. The molecule has 9 rings (SSSR count). The summed E-state index contributed by atoms with van der Waals surface area (Å²) in [5.74, 6) is -1.13. The van der Waals surface area contributed by atoms with Crippen molar-refractivity contribution in [3.8, 4) is 23.3 Å². The fraction of sp³-hybridized carbons (Fsp3) is 0.556. The van der Waals surface area contributed by atoms with E-state index in [0.29, 0.717) is 67.9 Å². The molecular formula is C45H50F4N8O6S. The summed E-state index contributed by atoms with van der Waals surface area (Å²) in [5, 5.41) is 13.5. The average Bonchev–Trinajstić information content (AvgIpc) is 3.49. The van der Waals surface area contributed by atoms with Crippen LogP contribution in [0.5, 0.6) is 6.01 Å². The smallest absolute Gasteiger partial charge is 0.412 e. The number of benzene rings is 1. The monoisotopic (exact) mass is 906 g/mol. The number of piperidine rings is 1. The molecule has 0 unspecified atom stereocenters. The largest absolute Gasteiger partial charge is 0.463 e. The third-order valence-electron chi connectivity index (χ3n) is 12.5. The number of piperazine rings is 1. The molecule has 3 saturated heterocycles. The Morgan fingerprint density at radius 2 is 1.66 bits per heavy atom. The van der Waals surface area contributed by atoms with Gasteiger partial charge in [0.25, 0.3) is 6.08 Å². The molecule has 64 heavy (non-hydrogen) atoms. The average molecular weight is 907 g/mol. The second-order valence-corrected chi connectivity index (χ2v) is 20.5. The molecule has 1 aromatic carbocycles. The highest BCUT2D eigenvalue weighted by Crippen LogP contribution is 2.50. The zero-order valence-electron chi connectivity index (χ0n) is 36.6. The van der Waals surface area contributed by atoms with Gasteiger partial charge in [-0.1, -0.05) is 0 Å². The first-order valence-corrected chi connectivity index (χ1v) is 22.4. The van der Waals surface area contributed by atoms with Crippen molar-refractivity contribution >= 4 is 55.3 Å². The molecule has 4 aliphatic heterocycles. The van der Waals surface area contributed by atoms with Gasteiger partial charge in [-0.25, -0.2) is 18.4 Å². The van der Waals surface area contributed by atoms with Gasteiger partial charge >= 0.3 is 18.2 Å². The van der Waals surface area contributed by atoms with E-state index in [2.05, 4.69) is 26.2 Å². The number of anilines is 2. The number of hydrogen-bond donors (Lipinski definition) is 1. The van der Waals surface area contributed by atoms with Gasteiger partial charge in [-0.2, -0.15) is 24.0 Å². The first-order valence-electron chi connectivity index (χ1n) is 21.6. The number of pyridine rings is 1. The number of likely N-dealkylation sites (tertiary alicyclic amines) is 2. The Labute approximate surface area is 371 Å². The number of carbonyl (C=O) groups excluding carboxylic acids is 2. The van der Waals surface area contributed by atoms with E-state index >= 15 is 8.78 Å². The molecule has 2 amide bonds. The number of nitrogens with one attached hydrogen (secondary N) is 1. The van der Waals surface area contributed by atoms with Crippen LogP contribution in [0.15, 0.2) is 17.9 Å². The highest BCUT2D eigenvalue weighted by Gasteiger charge is 2.47. The lowest BCUT2D eigenvalue weighted by atomic mass is 9.93. The molecule has 5 aliphatic rings. The quantitative estimate of drug-likeness (QED) is 0.168. The van der Waals surface area contributed by atoms with Crippen LogP contribution in [0.1, 0.15) is 96.8 Å². The molecule has 340 valence electrons. The number of nitrogens with zero attached hydrogens (tertiary/aromatic N) is 7. The van der Waals surface area contributed by atoms with E-state index in [0.717, 1.165) is 43.2 Å². The van der Waals surface area contributed by atoms with E-state index in [4.69, 9.17) is 28.9 Å². The summed E-state index contributed by atoms with van der Waals surface area (Å²) in [5.41, 5.74) is -0.821. The normalized spacial score (nSPS) is 20.7. The lowest BCUT2D eigenvalue weighted by molar-refractivity contribution is 0.0209. The van der Waals surface area contributed by atoms with E-state index < -0.39 is 41.1 Å². The number of thiophene rings is 1. The second kappa shape index (κ2) is 16.3. The van der Waals surface area contributed by atoms with Gasteiger partial charge in [0.1, 0.15) is 33.6 Å². The molecule has 2 bridgehead atoms. The molecule has 0 radical (unpaired) electrons. The number of halogens is 4. The number of hydrogen-bond acceptors (Lipinski definition) is 13. The summed E-state index contributed by atoms with van der Waals surface area (Å²) >= 11 is 0.814. The molecule has 19 heteroatoms. The van der Waals surface area contributed by atoms with Crippen molar-refractivity contribution in [1.82, 2.24) is 24.8 Å². The minimum Gasteiger partial charge on any atom is -0.463 e. The highest BCUT2D eigenvalue weighted by molar-refractivity contribution is 7.23. The molecule has 1 N–H and O–H groups in total. The highest BCUT2D eigenvalue weighted by atomic mass is 32.1. The summed E-state index contributed by atoms with van der Waals surface area (Å²) < 4.78 is 83.8. The minimum absolute atomic E-state index is 0.0122. The predicted molar refractivity (Wildman–Crippen MR) is 230 cm³/mol. The zero-order valence-corrected chi connectivity index (χ0v) is 37.4. The number of fused-ring (bicyclic) bond motifs is 6. The molecule has 7 heterocycles. The summed E-state index contributed by atoms with van der Waals surface area (Å²) in [7, 11) is 0. The SMILES string of the molecule is CC(C)(C)OC(=O)Nc1sc2c(F)cnc(-c3c4c(c5c(N6[C@@H]7CC[C@H]6CN(C(=O)OC(C)(C)C)C7)nc(OCC6(CN7CCC(=C(F)F)CC7)CC6)nc5c3F)COC4)c2c1C#N. The lowest BCUT2D eigenvalue weighted by Gasteiger charge is -2.42. The standard InChI is InChI=1S/C45H50F4N8O6S/c1-43(2,3)62-41(58)54-39-26(15-50)31-34(51-16-29(46)36(31)64-39)30-27-19-60-20-28(27)32-35(33(30)47)52-40(61-22-45(11-12-45)21-55-13-9-23(10-14-55)37(48)49)53-38(32)57-24-7-8-25(57)18-56(17-24)42(59)63-44(4,5)6/h16,24-25H,7-14,17-22H2,1-6H3,(H,54,58)/t24-,25+. The Morgan fingerprint density at radius 1 is 0.984 bits per heavy atom. The number of rotatable bonds is 8. The maximum atomic E-state index is 18.0. The van der Waals surface area contributed by atoms with Crippen LogP contribution in [0.2, 0.25) is 0 Å². The van der Waals surface area contributed by atoms with E-state index in [1.54, 1.807) is 25.7 Å². The van der Waals surface area contributed by atoms with Crippen molar-refractivity contribution in [1.29, 1.82) is 5.26 Å². The van der Waals surface area contributed by atoms with Crippen molar-refractivity contribution < 1.29 is 46.1 Å². The van der Waals surface area contributed by atoms with Crippen LogP contribution in [0, 0.1) is 28.4 Å². The lowest BCUT2D eigenvalue weighted by Crippen LogP contribution is -2.56. The van der Waals surface area contributed by atoms with E-state index in [9.17, 15) is 23.6 Å². The van der Waals surface area contributed by atoms with Gasteiger partial charge in [0, 0.05) is 61.2 Å². The van der Waals surface area contributed by atoms with Gasteiger partial charge in [0.2, 0.25) is 0 Å². The number of carbonyl (C=O) groups is 2. The van der Waals surface area contributed by atoms with Gasteiger partial charge in [0.15, 0.2) is 11.6 Å². The van der Waals surface area contributed by atoms with Crippen molar-refractivity contribution in [3.05, 3.63) is 46.2 Å². The van der Waals surface area contributed by atoms with Crippen LogP contribution in [0.3, 0.4) is 0 Å². The number of ether oxygens (including phenoxy) is 4. The maximum Gasteiger partial charge on any atom is 0.412 e. The van der Waals surface area contributed by atoms with Crippen LogP contribution in [-0.4, -0.2) is 99.6 Å². The third kappa shape index (κ3) is 8.39. The summed E-state index contributed by atoms with van der Waals surface area (Å²) in [6, 6.07) is 1.62. The molecular weight excluding hydrogens is 857 g/mol. The Hall–Kier alpha value is -5.32. The molecule has 1 aliphatic carbocycles. The first-order chi connectivity index (χ1) is 30.3. The first kappa shape index (κ1) is 43.9. The second-order valence-electron chi connectivity index (χ2n) is 19.5. The van der Waals surface area contributed by atoms with Crippen LogP contribution in [-0.2, 0) is 27.4 Å². The number of aromatic nitrogens is 3. The van der Waals surface area contributed by atoms with Crippen LogP contribution < -0.4 is 15.0 Å². The van der Waals surface area contributed by atoms with Crippen LogP contribution >= 0.6 is 11.3 Å². The van der Waals surface area contributed by atoms with Crippen molar-refractivity contribution in [2.24, 2.45) is 5.41 Å². The fourth-order valence-electron chi connectivity index (χ4n) is 9.45. The molecule has 4 aromatic rings. The number of amides is 2. The molecule has 3 aromatic heterocycles. The predicted octanol–water partition coefficient (Wildman–Crippen LogP) is 9.43. The van der Waals surface area contributed by atoms with Gasteiger partial charge in [-0.3, -0.25) is 10.3 Å². The molecule has 1 saturated carbocycles. The Bertz CT molecular complexity index is 2620. The Morgan fingerprint density at radius 3 is 2.28 bits per heavy atom. The van der Waals surface area contributed by atoms with Gasteiger partial charge in [-0.15, -0.1) is 11.3 Å². The summed E-state index contributed by atoms with van der Waals surface area (Å²) in [6.07, 6.45) is 1.90. The van der Waals surface area contributed by atoms with Gasteiger partial charge < -0.3 is 33.6 Å². The summed E-state index contributed by atoms with van der Waals surface area (Å²) in [4.78, 5) is 46.4. The van der Waals surface area contributed by atoms with Gasteiger partial charge in [0.05, 0.1) is 47.4 Å². The Kier molecular flexibility index (Phi) is 11.2. The maximum absolute atomic E-state index is 18.0. The summed E-state index contributed by atoms with van der Waals surface area (Å²) in [6.45, 7) is 13.1. The fourth-order valence-corrected chi connectivity index (χ4v) is 10.5. The zero-order chi connectivity index (χ0) is 45.5. The topological polar surface area (TPSA) is 155 Å². The van der Waals surface area contributed by atoms with E-state index in [-0.39, 0.29) is 86.3 Å². The van der Waals surface area contributed by atoms with Crippen LogP contribution in [0.4, 0.5) is 38.0 Å². The minimum atomic E-state index is -1.60. The molecule has 2 atom stereocenters. The van der Waals surface area contributed by atoms with Crippen LogP contribution in [0.25, 0.3) is 32.2 Å². The molecule has 4 fully saturated rings. The molecule has 14 nitrogen and oxygen atoms in total. The third-order valence-corrected chi connectivity index (χ3v) is 13.6. The number of nitriles is 1. The van der Waals surface area contributed by atoms with E-state index in [1.165, 1.54) is 0 Å².